The second-order valence-electron chi connectivity index (χ2n) is 5.63. The largest absolute Gasteiger partial charge is 0.342 e. The van der Waals surface area contributed by atoms with E-state index < -0.39 is 22.9 Å². The molecule has 0 radical (unpaired) electrons. The molecule has 0 spiro atoms. The van der Waals surface area contributed by atoms with E-state index in [0.717, 1.165) is 6.42 Å². The monoisotopic (exact) mass is 302 g/mol. The SMILES string of the molecule is CCC(C)C1NC(=O)C(CC)N(C(C)CS(C)=O)C1=O. The zero-order chi connectivity index (χ0) is 15.4. The standard InChI is InChI=1S/C14H26N2O3S/c1-6-9(3)12-14(18)16(10(4)8-20(5)19)11(7-2)13(17)15-12/h9-12H,6-8H2,1-5H3,(H,15,17). The van der Waals surface area contributed by atoms with Crippen LogP contribution in [0.15, 0.2) is 0 Å². The Morgan fingerprint density at radius 3 is 2.35 bits per heavy atom. The fourth-order valence-corrected chi connectivity index (χ4v) is 3.54. The smallest absolute Gasteiger partial charge is 0.246 e. The summed E-state index contributed by atoms with van der Waals surface area (Å²) >= 11 is 0. The quantitative estimate of drug-likeness (QED) is 0.793. The normalized spacial score (nSPS) is 27.9. The first-order valence-electron chi connectivity index (χ1n) is 7.25. The van der Waals surface area contributed by atoms with Crippen molar-refractivity contribution in [2.45, 2.75) is 58.7 Å². The van der Waals surface area contributed by atoms with Gasteiger partial charge >= 0.3 is 0 Å². The van der Waals surface area contributed by atoms with Crippen molar-refractivity contribution in [1.82, 2.24) is 10.2 Å². The molecule has 5 nitrogen and oxygen atoms in total. The summed E-state index contributed by atoms with van der Waals surface area (Å²) in [6, 6.07) is -1.08. The minimum atomic E-state index is -0.990. The summed E-state index contributed by atoms with van der Waals surface area (Å²) in [5.74, 6) is 0.379. The maximum absolute atomic E-state index is 12.7. The Kier molecular flexibility index (Phi) is 6.17. The molecule has 116 valence electrons. The van der Waals surface area contributed by atoms with Gasteiger partial charge in [0.1, 0.15) is 12.1 Å². The van der Waals surface area contributed by atoms with Gasteiger partial charge in [-0.1, -0.05) is 27.2 Å². The maximum atomic E-state index is 12.7. The molecule has 1 aliphatic rings. The summed E-state index contributed by atoms with van der Waals surface area (Å²) in [6.07, 6.45) is 3.03. The first-order valence-corrected chi connectivity index (χ1v) is 8.98. The zero-order valence-corrected chi connectivity index (χ0v) is 13.8. The topological polar surface area (TPSA) is 66.5 Å². The Labute approximate surface area is 123 Å². The van der Waals surface area contributed by atoms with Gasteiger partial charge in [-0.25, -0.2) is 0 Å². The maximum Gasteiger partial charge on any atom is 0.246 e. The van der Waals surface area contributed by atoms with Crippen LogP contribution in [0.4, 0.5) is 0 Å². The van der Waals surface area contributed by atoms with Crippen LogP contribution < -0.4 is 5.32 Å². The molecular weight excluding hydrogens is 276 g/mol. The molecule has 1 saturated heterocycles. The van der Waals surface area contributed by atoms with E-state index in [1.165, 1.54) is 0 Å². The minimum absolute atomic E-state index is 0.0382. The first kappa shape index (κ1) is 17.1. The van der Waals surface area contributed by atoms with Crippen molar-refractivity contribution in [2.75, 3.05) is 12.0 Å². The fourth-order valence-electron chi connectivity index (χ4n) is 2.70. The highest BCUT2D eigenvalue weighted by atomic mass is 32.2. The summed E-state index contributed by atoms with van der Waals surface area (Å²) in [7, 11) is -0.990. The predicted molar refractivity (Wildman–Crippen MR) is 80.7 cm³/mol. The molecule has 1 aliphatic heterocycles. The summed E-state index contributed by atoms with van der Waals surface area (Å²) in [4.78, 5) is 26.5. The molecule has 1 rings (SSSR count). The number of carbonyl (C=O) groups is 2. The number of amides is 2. The molecule has 6 heteroatoms. The van der Waals surface area contributed by atoms with E-state index in [0.29, 0.717) is 12.2 Å². The number of rotatable bonds is 6. The van der Waals surface area contributed by atoms with Crippen molar-refractivity contribution in [2.24, 2.45) is 5.92 Å². The summed E-state index contributed by atoms with van der Waals surface area (Å²) < 4.78 is 11.4. The predicted octanol–water partition coefficient (Wildman–Crippen LogP) is 0.905. The lowest BCUT2D eigenvalue weighted by atomic mass is 9.93. The third kappa shape index (κ3) is 3.59. The molecule has 0 aromatic rings. The molecule has 0 aromatic heterocycles. The van der Waals surface area contributed by atoms with Crippen molar-refractivity contribution in [3.63, 3.8) is 0 Å². The van der Waals surface area contributed by atoms with E-state index in [2.05, 4.69) is 5.32 Å². The third-order valence-electron chi connectivity index (χ3n) is 4.01. The molecule has 0 aliphatic carbocycles. The lowest BCUT2D eigenvalue weighted by Gasteiger charge is -2.43. The van der Waals surface area contributed by atoms with Crippen LogP contribution in [0, 0.1) is 5.92 Å². The van der Waals surface area contributed by atoms with Crippen LogP contribution in [0.25, 0.3) is 0 Å². The van der Waals surface area contributed by atoms with Crippen LogP contribution in [-0.2, 0) is 20.4 Å². The summed E-state index contributed by atoms with van der Waals surface area (Å²) in [5.41, 5.74) is 0. The van der Waals surface area contributed by atoms with E-state index in [-0.39, 0.29) is 23.8 Å². The number of carbonyl (C=O) groups excluding carboxylic acids is 2. The minimum Gasteiger partial charge on any atom is -0.342 e. The number of hydrogen-bond acceptors (Lipinski definition) is 3. The van der Waals surface area contributed by atoms with Crippen LogP contribution in [0.2, 0.25) is 0 Å². The van der Waals surface area contributed by atoms with Crippen molar-refractivity contribution in [1.29, 1.82) is 0 Å². The molecule has 0 aromatic carbocycles. The van der Waals surface area contributed by atoms with Crippen molar-refractivity contribution in [3.05, 3.63) is 0 Å². The van der Waals surface area contributed by atoms with Crippen LogP contribution >= 0.6 is 0 Å². The average molecular weight is 302 g/mol. The molecule has 1 heterocycles. The molecule has 5 atom stereocenters. The van der Waals surface area contributed by atoms with Crippen molar-refractivity contribution in [3.8, 4) is 0 Å². The fraction of sp³-hybridized carbons (Fsp3) is 0.857. The Balaban J connectivity index is 3.02. The Bertz CT molecular complexity index is 400. The van der Waals surface area contributed by atoms with Crippen LogP contribution in [0.5, 0.6) is 0 Å². The number of piperazine rings is 1. The first-order chi connectivity index (χ1) is 9.33. The van der Waals surface area contributed by atoms with Crippen molar-refractivity contribution < 1.29 is 13.8 Å². The molecule has 1 fully saturated rings. The van der Waals surface area contributed by atoms with Gasteiger partial charge in [-0.05, 0) is 19.3 Å². The Hall–Kier alpha value is -0.910. The van der Waals surface area contributed by atoms with Gasteiger partial charge in [-0.2, -0.15) is 0 Å². The summed E-state index contributed by atoms with van der Waals surface area (Å²) in [5, 5.41) is 2.85. The Morgan fingerprint density at radius 1 is 1.30 bits per heavy atom. The molecule has 0 saturated carbocycles. The van der Waals surface area contributed by atoms with Gasteiger partial charge in [-0.3, -0.25) is 13.8 Å². The highest BCUT2D eigenvalue weighted by Gasteiger charge is 2.43. The summed E-state index contributed by atoms with van der Waals surface area (Å²) in [6.45, 7) is 7.73. The molecule has 5 unspecified atom stereocenters. The molecule has 1 N–H and O–H groups in total. The lowest BCUT2D eigenvalue weighted by Crippen LogP contribution is -2.67. The average Bonchev–Trinajstić information content (AvgIpc) is 2.38. The van der Waals surface area contributed by atoms with Crippen LogP contribution in [0.1, 0.15) is 40.5 Å². The molecule has 20 heavy (non-hydrogen) atoms. The Morgan fingerprint density at radius 2 is 1.90 bits per heavy atom. The van der Waals surface area contributed by atoms with Crippen LogP contribution in [0.3, 0.4) is 0 Å². The van der Waals surface area contributed by atoms with E-state index in [1.54, 1.807) is 11.2 Å². The van der Waals surface area contributed by atoms with Gasteiger partial charge in [0.25, 0.3) is 0 Å². The van der Waals surface area contributed by atoms with Crippen LogP contribution in [-0.4, -0.2) is 51.1 Å². The highest BCUT2D eigenvalue weighted by Crippen LogP contribution is 2.22. The van der Waals surface area contributed by atoms with Crippen molar-refractivity contribution >= 4 is 22.6 Å². The number of nitrogens with one attached hydrogen (secondary N) is 1. The van der Waals surface area contributed by atoms with E-state index in [9.17, 15) is 13.8 Å². The van der Waals surface area contributed by atoms with E-state index >= 15 is 0 Å². The zero-order valence-electron chi connectivity index (χ0n) is 13.0. The van der Waals surface area contributed by atoms with Gasteiger partial charge in [0, 0.05) is 28.9 Å². The van der Waals surface area contributed by atoms with E-state index in [4.69, 9.17) is 0 Å². The molecule has 0 bridgehead atoms. The van der Waals surface area contributed by atoms with Gasteiger partial charge < -0.3 is 10.2 Å². The van der Waals surface area contributed by atoms with Gasteiger partial charge in [0.15, 0.2) is 0 Å². The van der Waals surface area contributed by atoms with Gasteiger partial charge in [0.2, 0.25) is 11.8 Å². The van der Waals surface area contributed by atoms with Gasteiger partial charge in [-0.15, -0.1) is 0 Å². The molecular formula is C14H26N2O3S. The van der Waals surface area contributed by atoms with E-state index in [1.807, 2.05) is 27.7 Å². The lowest BCUT2D eigenvalue weighted by molar-refractivity contribution is -0.153. The number of nitrogens with zero attached hydrogens (tertiary/aromatic N) is 1. The number of hydrogen-bond donors (Lipinski definition) is 1. The third-order valence-corrected chi connectivity index (χ3v) is 4.96. The highest BCUT2D eigenvalue weighted by molar-refractivity contribution is 7.84. The van der Waals surface area contributed by atoms with Gasteiger partial charge in [0.05, 0.1) is 0 Å². The second kappa shape index (κ2) is 7.20. The second-order valence-corrected chi connectivity index (χ2v) is 7.11. The molecule has 2 amide bonds.